The van der Waals surface area contributed by atoms with Crippen molar-refractivity contribution in [3.63, 3.8) is 0 Å². The summed E-state index contributed by atoms with van der Waals surface area (Å²) < 4.78 is 11.5. The fraction of sp³-hybridized carbons (Fsp3) is 0.294. The minimum absolute atomic E-state index is 0.0698. The lowest BCUT2D eigenvalue weighted by Gasteiger charge is -2.32. The number of benzene rings is 2. The molecule has 3 nitrogen and oxygen atoms in total. The third kappa shape index (κ3) is 2.59. The molecule has 1 aliphatic heterocycles. The molecule has 110 valence electrons. The van der Waals surface area contributed by atoms with Crippen LogP contribution in [0.15, 0.2) is 36.4 Å². The van der Waals surface area contributed by atoms with Gasteiger partial charge in [-0.1, -0.05) is 35.4 Å². The minimum atomic E-state index is -0.196. The van der Waals surface area contributed by atoms with Crippen LogP contribution in [0.5, 0.6) is 11.5 Å². The van der Waals surface area contributed by atoms with Gasteiger partial charge in [-0.15, -0.1) is 0 Å². The van der Waals surface area contributed by atoms with E-state index in [0.717, 1.165) is 22.6 Å². The Balaban J connectivity index is 2.02. The monoisotopic (exact) mass is 303 g/mol. The molecule has 0 radical (unpaired) electrons. The Hall–Kier alpha value is -1.71. The van der Waals surface area contributed by atoms with E-state index < -0.39 is 0 Å². The number of ether oxygens (including phenoxy) is 2. The van der Waals surface area contributed by atoms with Gasteiger partial charge in [0.2, 0.25) is 0 Å². The Bertz CT molecular complexity index is 672. The lowest BCUT2D eigenvalue weighted by Crippen LogP contribution is -2.24. The first-order valence-corrected chi connectivity index (χ1v) is 7.33. The average molecular weight is 304 g/mol. The van der Waals surface area contributed by atoms with E-state index in [0.29, 0.717) is 11.4 Å². The number of methoxy groups -OCH3 is 1. The highest BCUT2D eigenvalue weighted by Gasteiger charge is 2.30. The van der Waals surface area contributed by atoms with Gasteiger partial charge in [0.1, 0.15) is 17.6 Å². The van der Waals surface area contributed by atoms with Crippen molar-refractivity contribution in [3.05, 3.63) is 58.1 Å². The van der Waals surface area contributed by atoms with Crippen LogP contribution in [0.2, 0.25) is 5.02 Å². The van der Waals surface area contributed by atoms with Crippen LogP contribution in [-0.4, -0.2) is 7.11 Å². The molecule has 1 aliphatic rings. The molecule has 0 saturated heterocycles. The van der Waals surface area contributed by atoms with E-state index in [-0.39, 0.29) is 12.1 Å². The highest BCUT2D eigenvalue weighted by molar-refractivity contribution is 6.31. The summed E-state index contributed by atoms with van der Waals surface area (Å²) in [4.78, 5) is 0. The van der Waals surface area contributed by atoms with Crippen molar-refractivity contribution < 1.29 is 9.47 Å². The van der Waals surface area contributed by atoms with E-state index in [1.807, 2.05) is 30.3 Å². The number of hydrogen-bond donors (Lipinski definition) is 1. The highest BCUT2D eigenvalue weighted by Crippen LogP contribution is 2.44. The van der Waals surface area contributed by atoms with Gasteiger partial charge in [0.05, 0.1) is 17.7 Å². The lowest BCUT2D eigenvalue weighted by molar-refractivity contribution is 0.158. The number of fused-ring (bicyclic) bond motifs is 1. The van der Waals surface area contributed by atoms with E-state index in [1.54, 1.807) is 7.11 Å². The highest BCUT2D eigenvalue weighted by atomic mass is 35.5. The van der Waals surface area contributed by atoms with Crippen molar-refractivity contribution in [1.82, 2.24) is 0 Å². The molecular formula is C17H18ClNO2. The summed E-state index contributed by atoms with van der Waals surface area (Å²) in [5, 5.41) is 0.641. The molecule has 3 rings (SSSR count). The molecule has 0 spiro atoms. The van der Waals surface area contributed by atoms with Crippen LogP contribution in [0, 0.1) is 6.92 Å². The molecule has 0 amide bonds. The van der Waals surface area contributed by atoms with Crippen molar-refractivity contribution in [2.75, 3.05) is 7.11 Å². The van der Waals surface area contributed by atoms with Crippen molar-refractivity contribution in [3.8, 4) is 11.5 Å². The van der Waals surface area contributed by atoms with Crippen LogP contribution in [0.3, 0.4) is 0 Å². The number of rotatable bonds is 2. The topological polar surface area (TPSA) is 44.5 Å². The molecule has 21 heavy (non-hydrogen) atoms. The van der Waals surface area contributed by atoms with Crippen LogP contribution < -0.4 is 15.2 Å². The molecule has 2 aromatic carbocycles. The first-order valence-electron chi connectivity index (χ1n) is 6.95. The van der Waals surface area contributed by atoms with Gasteiger partial charge in [-0.2, -0.15) is 0 Å². The number of halogens is 1. The van der Waals surface area contributed by atoms with Gasteiger partial charge in [-0.25, -0.2) is 0 Å². The summed E-state index contributed by atoms with van der Waals surface area (Å²) in [6, 6.07) is 11.6. The van der Waals surface area contributed by atoms with Crippen LogP contribution in [0.25, 0.3) is 0 Å². The van der Waals surface area contributed by atoms with Crippen molar-refractivity contribution in [2.45, 2.75) is 25.5 Å². The summed E-state index contributed by atoms with van der Waals surface area (Å²) >= 11 is 6.34. The first-order chi connectivity index (χ1) is 10.1. The third-order valence-electron chi connectivity index (χ3n) is 3.86. The summed E-state index contributed by atoms with van der Waals surface area (Å²) in [7, 11) is 1.63. The minimum Gasteiger partial charge on any atom is -0.496 e. The zero-order valence-corrected chi connectivity index (χ0v) is 12.9. The van der Waals surface area contributed by atoms with Crippen LogP contribution in [0.4, 0.5) is 0 Å². The number of aryl methyl sites for hydroxylation is 1. The Kier molecular flexibility index (Phi) is 3.79. The Morgan fingerprint density at radius 1 is 1.29 bits per heavy atom. The second kappa shape index (κ2) is 5.58. The summed E-state index contributed by atoms with van der Waals surface area (Å²) in [5.41, 5.74) is 9.42. The summed E-state index contributed by atoms with van der Waals surface area (Å²) in [6.45, 7) is 2.05. The first kappa shape index (κ1) is 14.2. The fourth-order valence-electron chi connectivity index (χ4n) is 2.81. The molecule has 1 heterocycles. The standard InChI is InChI=1S/C17H18ClNO2/c1-10-6-7-14-11(8-10)13(19)9-16(21-14)17-12(18)4-3-5-15(17)20-2/h3-8,13,16H,9,19H2,1-2H3. The largest absolute Gasteiger partial charge is 0.496 e. The SMILES string of the molecule is COc1cccc(Cl)c1C1CC(N)c2cc(C)ccc2O1. The van der Waals surface area contributed by atoms with E-state index in [2.05, 4.69) is 13.0 Å². The molecular weight excluding hydrogens is 286 g/mol. The van der Waals surface area contributed by atoms with Crippen molar-refractivity contribution >= 4 is 11.6 Å². The van der Waals surface area contributed by atoms with Crippen molar-refractivity contribution in [2.24, 2.45) is 5.73 Å². The van der Waals surface area contributed by atoms with Gasteiger partial charge in [0, 0.05) is 18.0 Å². The van der Waals surface area contributed by atoms with Crippen LogP contribution >= 0.6 is 11.6 Å². The number of hydrogen-bond acceptors (Lipinski definition) is 3. The van der Waals surface area contributed by atoms with Gasteiger partial charge >= 0.3 is 0 Å². The molecule has 2 N–H and O–H groups in total. The second-order valence-electron chi connectivity index (χ2n) is 5.35. The zero-order chi connectivity index (χ0) is 15.0. The predicted octanol–water partition coefficient (Wildman–Crippen LogP) is 4.18. The van der Waals surface area contributed by atoms with Crippen molar-refractivity contribution in [1.29, 1.82) is 0 Å². The quantitative estimate of drug-likeness (QED) is 0.905. The summed E-state index contributed by atoms with van der Waals surface area (Å²) in [6.07, 6.45) is 0.482. The summed E-state index contributed by atoms with van der Waals surface area (Å²) in [5.74, 6) is 1.56. The lowest BCUT2D eigenvalue weighted by atomic mass is 9.92. The van der Waals surface area contributed by atoms with Gasteiger partial charge < -0.3 is 15.2 Å². The maximum absolute atomic E-state index is 6.34. The molecule has 0 saturated carbocycles. The predicted molar refractivity (Wildman–Crippen MR) is 84.1 cm³/mol. The Morgan fingerprint density at radius 2 is 2.10 bits per heavy atom. The maximum Gasteiger partial charge on any atom is 0.131 e. The van der Waals surface area contributed by atoms with E-state index in [4.69, 9.17) is 26.8 Å². The zero-order valence-electron chi connectivity index (χ0n) is 12.1. The average Bonchev–Trinajstić information content (AvgIpc) is 2.47. The molecule has 0 bridgehead atoms. The van der Waals surface area contributed by atoms with Gasteiger partial charge in [-0.05, 0) is 25.1 Å². The van der Waals surface area contributed by atoms with Gasteiger partial charge in [0.25, 0.3) is 0 Å². The third-order valence-corrected chi connectivity index (χ3v) is 4.19. The molecule has 0 aromatic heterocycles. The number of nitrogens with two attached hydrogens (primary N) is 1. The molecule has 2 unspecified atom stereocenters. The van der Waals surface area contributed by atoms with E-state index >= 15 is 0 Å². The Labute approximate surface area is 129 Å². The molecule has 4 heteroatoms. The van der Waals surface area contributed by atoms with E-state index in [9.17, 15) is 0 Å². The second-order valence-corrected chi connectivity index (χ2v) is 5.75. The van der Waals surface area contributed by atoms with Crippen LogP contribution in [-0.2, 0) is 0 Å². The molecule has 0 fully saturated rings. The molecule has 0 aliphatic carbocycles. The molecule has 2 atom stereocenters. The maximum atomic E-state index is 6.34. The molecule has 2 aromatic rings. The van der Waals surface area contributed by atoms with Gasteiger partial charge in [-0.3, -0.25) is 0 Å². The Morgan fingerprint density at radius 3 is 2.86 bits per heavy atom. The van der Waals surface area contributed by atoms with Gasteiger partial charge in [0.15, 0.2) is 0 Å². The van der Waals surface area contributed by atoms with Crippen LogP contribution in [0.1, 0.15) is 35.3 Å². The van der Waals surface area contributed by atoms with E-state index in [1.165, 1.54) is 5.56 Å². The fourth-order valence-corrected chi connectivity index (χ4v) is 3.10. The smallest absolute Gasteiger partial charge is 0.131 e. The normalized spacial score (nSPS) is 20.6.